The number of hydrogen-bond donors (Lipinski definition) is 0. The first-order valence-electron chi connectivity index (χ1n) is 6.23. The molecule has 3 rings (SSSR count). The quantitative estimate of drug-likeness (QED) is 0.751. The van der Waals surface area contributed by atoms with Crippen LogP contribution in [0, 0.1) is 0 Å². The van der Waals surface area contributed by atoms with Crippen LogP contribution in [-0.4, -0.2) is 11.6 Å². The molecule has 2 aromatic rings. The Morgan fingerprint density at radius 1 is 1.37 bits per heavy atom. The van der Waals surface area contributed by atoms with Crippen molar-refractivity contribution >= 4 is 34.5 Å². The molecule has 0 amide bonds. The Hall–Kier alpha value is -0.610. The summed E-state index contributed by atoms with van der Waals surface area (Å²) in [5, 5.41) is 0.497. The largest absolute Gasteiger partial charge is 0.368 e. The summed E-state index contributed by atoms with van der Waals surface area (Å²) in [5.41, 5.74) is 3.33. The van der Waals surface area contributed by atoms with Gasteiger partial charge in [0.1, 0.15) is 11.3 Å². The van der Waals surface area contributed by atoms with Gasteiger partial charge in [0.05, 0.1) is 10.9 Å². The number of hydrogen-bond acceptors (Lipinski definition) is 3. The molecule has 0 saturated carbocycles. The fourth-order valence-corrected chi connectivity index (χ4v) is 3.81. The highest BCUT2D eigenvalue weighted by Crippen LogP contribution is 2.40. The number of fused-ring (bicyclic) bond motifs is 1. The van der Waals surface area contributed by atoms with E-state index in [1.807, 2.05) is 12.3 Å². The Balaban J connectivity index is 2.07. The van der Waals surface area contributed by atoms with Crippen molar-refractivity contribution in [3.63, 3.8) is 0 Å². The van der Waals surface area contributed by atoms with E-state index in [-0.39, 0.29) is 6.10 Å². The Kier molecular flexibility index (Phi) is 3.81. The van der Waals surface area contributed by atoms with E-state index in [9.17, 15) is 0 Å². The average Bonchev–Trinajstić information content (AvgIpc) is 2.79. The average molecular weight is 314 g/mol. The van der Waals surface area contributed by atoms with Crippen LogP contribution in [0.15, 0.2) is 18.3 Å². The number of nitrogens with zero attached hydrogens (tertiary/aromatic N) is 1. The van der Waals surface area contributed by atoms with E-state index in [0.29, 0.717) is 11.8 Å². The Morgan fingerprint density at radius 2 is 2.21 bits per heavy atom. The van der Waals surface area contributed by atoms with Gasteiger partial charge < -0.3 is 4.74 Å². The number of halogens is 2. The third-order valence-corrected chi connectivity index (χ3v) is 5.06. The van der Waals surface area contributed by atoms with Crippen LogP contribution in [0.3, 0.4) is 0 Å². The van der Waals surface area contributed by atoms with Gasteiger partial charge in [-0.15, -0.1) is 11.3 Å². The van der Waals surface area contributed by atoms with Crippen LogP contribution >= 0.6 is 34.5 Å². The van der Waals surface area contributed by atoms with Crippen LogP contribution in [0.1, 0.15) is 34.6 Å². The molecule has 0 saturated heterocycles. The standard InChI is InChI=1S/C14H13Cl2NOS/c1-2-9-5-11(14(16)19-9)13-10-6-12(15)17-7-8(10)3-4-18-13/h5-7,13H,2-4H2,1H3. The van der Waals surface area contributed by atoms with Crippen molar-refractivity contribution in [2.75, 3.05) is 6.61 Å². The third kappa shape index (κ3) is 2.52. The maximum Gasteiger partial charge on any atom is 0.129 e. The Morgan fingerprint density at radius 3 is 2.95 bits per heavy atom. The first-order chi connectivity index (χ1) is 9.19. The summed E-state index contributed by atoms with van der Waals surface area (Å²) in [6.45, 7) is 2.82. The molecule has 0 radical (unpaired) electrons. The Labute approximate surface area is 126 Å². The number of pyridine rings is 1. The van der Waals surface area contributed by atoms with Crippen molar-refractivity contribution in [1.29, 1.82) is 0 Å². The van der Waals surface area contributed by atoms with Crippen molar-refractivity contribution in [3.8, 4) is 0 Å². The lowest BCUT2D eigenvalue weighted by molar-refractivity contribution is 0.0700. The van der Waals surface area contributed by atoms with Crippen LogP contribution in [0.4, 0.5) is 0 Å². The predicted octanol–water partition coefficient (Wildman–Crippen LogP) is 4.67. The van der Waals surface area contributed by atoms with E-state index in [2.05, 4.69) is 18.0 Å². The monoisotopic (exact) mass is 313 g/mol. The van der Waals surface area contributed by atoms with E-state index in [0.717, 1.165) is 28.3 Å². The molecular formula is C14H13Cl2NOS. The topological polar surface area (TPSA) is 22.1 Å². The Bertz CT molecular complexity index is 611. The van der Waals surface area contributed by atoms with Gasteiger partial charge in [0.2, 0.25) is 0 Å². The summed E-state index contributed by atoms with van der Waals surface area (Å²) in [6, 6.07) is 4.03. The molecule has 1 aliphatic rings. The highest BCUT2D eigenvalue weighted by atomic mass is 35.5. The van der Waals surface area contributed by atoms with E-state index in [4.69, 9.17) is 27.9 Å². The molecule has 1 unspecified atom stereocenters. The smallest absolute Gasteiger partial charge is 0.129 e. The molecule has 100 valence electrons. The van der Waals surface area contributed by atoms with Gasteiger partial charge in [0, 0.05) is 16.6 Å². The van der Waals surface area contributed by atoms with Gasteiger partial charge in [-0.05, 0) is 36.1 Å². The predicted molar refractivity (Wildman–Crippen MR) is 79.5 cm³/mol. The first kappa shape index (κ1) is 13.4. The van der Waals surface area contributed by atoms with Crippen molar-refractivity contribution in [1.82, 2.24) is 4.98 Å². The summed E-state index contributed by atoms with van der Waals surface area (Å²) >= 11 is 14.0. The maximum absolute atomic E-state index is 6.35. The highest BCUT2D eigenvalue weighted by molar-refractivity contribution is 7.16. The second-order valence-corrected chi connectivity index (χ2v) is 6.63. The molecule has 1 aliphatic heterocycles. The SMILES string of the molecule is CCc1cc(C2OCCc3cnc(Cl)cc32)c(Cl)s1. The molecule has 0 bridgehead atoms. The fraction of sp³-hybridized carbons (Fsp3) is 0.357. The summed E-state index contributed by atoms with van der Waals surface area (Å²) < 4.78 is 6.73. The molecule has 0 spiro atoms. The maximum atomic E-state index is 6.35. The zero-order chi connectivity index (χ0) is 13.4. The number of aryl methyl sites for hydroxylation is 1. The van der Waals surface area contributed by atoms with Gasteiger partial charge in [-0.2, -0.15) is 0 Å². The van der Waals surface area contributed by atoms with Crippen molar-refractivity contribution in [3.05, 3.63) is 49.4 Å². The van der Waals surface area contributed by atoms with Crippen molar-refractivity contribution in [2.45, 2.75) is 25.9 Å². The zero-order valence-corrected chi connectivity index (χ0v) is 12.8. The van der Waals surface area contributed by atoms with Gasteiger partial charge in [0.15, 0.2) is 0 Å². The van der Waals surface area contributed by atoms with Crippen LogP contribution in [0.2, 0.25) is 9.49 Å². The molecule has 0 fully saturated rings. The van der Waals surface area contributed by atoms with Crippen LogP contribution in [0.25, 0.3) is 0 Å². The zero-order valence-electron chi connectivity index (χ0n) is 10.5. The molecule has 19 heavy (non-hydrogen) atoms. The highest BCUT2D eigenvalue weighted by Gasteiger charge is 2.26. The summed E-state index contributed by atoms with van der Waals surface area (Å²) in [5.74, 6) is 0. The lowest BCUT2D eigenvalue weighted by Crippen LogP contribution is -2.17. The summed E-state index contributed by atoms with van der Waals surface area (Å²) in [7, 11) is 0. The van der Waals surface area contributed by atoms with E-state index in [1.54, 1.807) is 11.3 Å². The minimum absolute atomic E-state index is 0.117. The normalized spacial score (nSPS) is 18.4. The molecule has 0 N–H and O–H groups in total. The molecule has 2 nitrogen and oxygen atoms in total. The molecule has 0 aliphatic carbocycles. The summed E-state index contributed by atoms with van der Waals surface area (Å²) in [4.78, 5) is 5.42. The van der Waals surface area contributed by atoms with Crippen LogP contribution in [0.5, 0.6) is 0 Å². The molecule has 2 aromatic heterocycles. The molecule has 1 atom stereocenters. The number of rotatable bonds is 2. The van der Waals surface area contributed by atoms with Crippen molar-refractivity contribution < 1.29 is 4.74 Å². The van der Waals surface area contributed by atoms with Gasteiger partial charge >= 0.3 is 0 Å². The number of aromatic nitrogens is 1. The van der Waals surface area contributed by atoms with Crippen molar-refractivity contribution in [2.24, 2.45) is 0 Å². The van der Waals surface area contributed by atoms with Gasteiger partial charge in [0.25, 0.3) is 0 Å². The summed E-state index contributed by atoms with van der Waals surface area (Å²) in [6.07, 6.45) is 3.58. The van der Waals surface area contributed by atoms with Gasteiger partial charge in [-0.3, -0.25) is 0 Å². The lowest BCUT2D eigenvalue weighted by atomic mass is 9.96. The second kappa shape index (κ2) is 5.41. The molecule has 5 heteroatoms. The molecular weight excluding hydrogens is 301 g/mol. The number of ether oxygens (including phenoxy) is 1. The third-order valence-electron chi connectivity index (χ3n) is 3.32. The minimum atomic E-state index is -0.117. The van der Waals surface area contributed by atoms with Crippen LogP contribution in [-0.2, 0) is 17.6 Å². The molecule has 0 aromatic carbocycles. The van der Waals surface area contributed by atoms with E-state index < -0.39 is 0 Å². The van der Waals surface area contributed by atoms with E-state index >= 15 is 0 Å². The lowest BCUT2D eigenvalue weighted by Gasteiger charge is -2.25. The minimum Gasteiger partial charge on any atom is -0.368 e. The molecule has 3 heterocycles. The van der Waals surface area contributed by atoms with Gasteiger partial charge in [-0.1, -0.05) is 30.1 Å². The van der Waals surface area contributed by atoms with Crippen LogP contribution < -0.4 is 0 Å². The first-order valence-corrected chi connectivity index (χ1v) is 7.80. The van der Waals surface area contributed by atoms with Gasteiger partial charge in [-0.25, -0.2) is 4.98 Å². The van der Waals surface area contributed by atoms with E-state index in [1.165, 1.54) is 10.4 Å². The number of thiophene rings is 1. The second-order valence-electron chi connectivity index (χ2n) is 4.50. The fourth-order valence-electron chi connectivity index (χ4n) is 2.35.